The number of aromatic amines is 1. The molecule has 0 saturated carbocycles. The number of nitrogens with one attached hydrogen (secondary N) is 1. The summed E-state index contributed by atoms with van der Waals surface area (Å²) in [7, 11) is 0. The van der Waals surface area contributed by atoms with Crippen molar-refractivity contribution in [3.8, 4) is 0 Å². The largest absolute Gasteiger partial charge is 0.399 e. The molecule has 1 aliphatic heterocycles. The summed E-state index contributed by atoms with van der Waals surface area (Å²) >= 11 is 0. The number of nitrogens with two attached hydrogens (primary N) is 1. The quantitative estimate of drug-likeness (QED) is 0.829. The molecule has 1 aliphatic rings. The molecule has 0 unspecified atom stereocenters. The second-order valence-electron chi connectivity index (χ2n) is 5.95. The van der Waals surface area contributed by atoms with Gasteiger partial charge in [0.15, 0.2) is 0 Å². The van der Waals surface area contributed by atoms with Gasteiger partial charge in [0.05, 0.1) is 0 Å². The molecule has 3 N–H and O–H groups in total. The second kappa shape index (κ2) is 5.41. The van der Waals surface area contributed by atoms with Crippen LogP contribution in [0, 0.1) is 0 Å². The van der Waals surface area contributed by atoms with E-state index >= 15 is 0 Å². The van der Waals surface area contributed by atoms with E-state index in [-0.39, 0.29) is 5.91 Å². The van der Waals surface area contributed by atoms with Crippen LogP contribution in [0.1, 0.15) is 24.3 Å². The van der Waals surface area contributed by atoms with Crippen LogP contribution in [0.3, 0.4) is 0 Å². The van der Waals surface area contributed by atoms with Crippen molar-refractivity contribution >= 4 is 22.5 Å². The molecule has 1 aromatic carbocycles. The fourth-order valence-corrected chi connectivity index (χ4v) is 2.88. The van der Waals surface area contributed by atoms with Crippen LogP contribution in [0.5, 0.6) is 0 Å². The predicted octanol–water partition coefficient (Wildman–Crippen LogP) is 1.92. The van der Waals surface area contributed by atoms with E-state index in [4.69, 9.17) is 5.73 Å². The summed E-state index contributed by atoms with van der Waals surface area (Å²) in [5, 5.41) is 0.985. The zero-order chi connectivity index (χ0) is 15.0. The molecule has 0 spiro atoms. The molecule has 5 nitrogen and oxygen atoms in total. The number of carbonyl (C=O) groups is 1. The number of benzene rings is 1. The zero-order valence-corrected chi connectivity index (χ0v) is 12.6. The number of rotatable bonds is 2. The van der Waals surface area contributed by atoms with Crippen molar-refractivity contribution in [3.63, 3.8) is 0 Å². The molecule has 0 atom stereocenters. The Balaban J connectivity index is 1.75. The highest BCUT2D eigenvalue weighted by Gasteiger charge is 2.24. The van der Waals surface area contributed by atoms with E-state index in [0.29, 0.717) is 17.4 Å². The molecule has 0 radical (unpaired) electrons. The van der Waals surface area contributed by atoms with Gasteiger partial charge in [0.1, 0.15) is 5.69 Å². The monoisotopic (exact) mass is 286 g/mol. The first-order valence-corrected chi connectivity index (χ1v) is 7.46. The Labute approximate surface area is 124 Å². The number of hydrogen-bond donors (Lipinski definition) is 2. The summed E-state index contributed by atoms with van der Waals surface area (Å²) in [6, 6.07) is 8.08. The molecule has 21 heavy (non-hydrogen) atoms. The number of nitrogen functional groups attached to an aromatic ring is 1. The van der Waals surface area contributed by atoms with E-state index in [0.717, 1.165) is 37.1 Å². The maximum Gasteiger partial charge on any atom is 0.270 e. The Morgan fingerprint density at radius 3 is 2.57 bits per heavy atom. The fraction of sp³-hybridized carbons (Fsp3) is 0.438. The van der Waals surface area contributed by atoms with Gasteiger partial charge in [-0.2, -0.15) is 0 Å². The number of fused-ring (bicyclic) bond motifs is 1. The molecule has 1 saturated heterocycles. The second-order valence-corrected chi connectivity index (χ2v) is 5.95. The van der Waals surface area contributed by atoms with Crippen molar-refractivity contribution in [1.29, 1.82) is 0 Å². The number of H-pyrrole nitrogens is 1. The maximum absolute atomic E-state index is 12.6. The molecule has 2 aromatic rings. The SMILES string of the molecule is CC(C)N1CCN(C(=O)c2cc3cc(N)ccc3[nH]2)CC1. The van der Waals surface area contributed by atoms with Crippen LogP contribution in [-0.4, -0.2) is 52.9 Å². The molecular weight excluding hydrogens is 264 g/mol. The fourth-order valence-electron chi connectivity index (χ4n) is 2.88. The van der Waals surface area contributed by atoms with E-state index < -0.39 is 0 Å². The van der Waals surface area contributed by atoms with E-state index in [2.05, 4.69) is 23.7 Å². The Morgan fingerprint density at radius 1 is 1.19 bits per heavy atom. The van der Waals surface area contributed by atoms with E-state index in [1.807, 2.05) is 29.2 Å². The lowest BCUT2D eigenvalue weighted by Gasteiger charge is -2.36. The van der Waals surface area contributed by atoms with Gasteiger partial charge in [-0.1, -0.05) is 0 Å². The van der Waals surface area contributed by atoms with Crippen LogP contribution >= 0.6 is 0 Å². The Hall–Kier alpha value is -2.01. The smallest absolute Gasteiger partial charge is 0.270 e. The highest BCUT2D eigenvalue weighted by atomic mass is 16.2. The minimum absolute atomic E-state index is 0.0770. The van der Waals surface area contributed by atoms with Crippen LogP contribution < -0.4 is 5.73 Å². The number of piperazine rings is 1. The van der Waals surface area contributed by atoms with Crippen molar-refractivity contribution in [2.45, 2.75) is 19.9 Å². The van der Waals surface area contributed by atoms with Crippen molar-refractivity contribution in [2.24, 2.45) is 0 Å². The van der Waals surface area contributed by atoms with Crippen LogP contribution in [0.2, 0.25) is 0 Å². The predicted molar refractivity (Wildman–Crippen MR) is 85.3 cm³/mol. The summed E-state index contributed by atoms with van der Waals surface area (Å²) in [6.07, 6.45) is 0. The van der Waals surface area contributed by atoms with Gasteiger partial charge in [0, 0.05) is 48.8 Å². The standard InChI is InChI=1S/C16H22N4O/c1-11(2)19-5-7-20(8-6-19)16(21)15-10-12-9-13(17)3-4-14(12)18-15/h3-4,9-11,18H,5-8,17H2,1-2H3. The molecule has 2 heterocycles. The Morgan fingerprint density at radius 2 is 1.90 bits per heavy atom. The molecule has 1 fully saturated rings. The first kappa shape index (κ1) is 13.9. The topological polar surface area (TPSA) is 65.4 Å². The van der Waals surface area contributed by atoms with Crippen LogP contribution in [0.15, 0.2) is 24.3 Å². The van der Waals surface area contributed by atoms with Gasteiger partial charge in [-0.25, -0.2) is 0 Å². The van der Waals surface area contributed by atoms with Gasteiger partial charge in [-0.05, 0) is 38.1 Å². The Bertz CT molecular complexity index is 653. The van der Waals surface area contributed by atoms with Crippen molar-refractivity contribution < 1.29 is 4.79 Å². The molecule has 112 valence electrons. The average molecular weight is 286 g/mol. The van der Waals surface area contributed by atoms with Gasteiger partial charge < -0.3 is 15.6 Å². The van der Waals surface area contributed by atoms with Gasteiger partial charge in [0.2, 0.25) is 0 Å². The third-order valence-corrected chi connectivity index (χ3v) is 4.21. The first-order chi connectivity index (χ1) is 10.0. The van der Waals surface area contributed by atoms with Crippen molar-refractivity contribution in [1.82, 2.24) is 14.8 Å². The van der Waals surface area contributed by atoms with Gasteiger partial charge >= 0.3 is 0 Å². The number of nitrogens with zero attached hydrogens (tertiary/aromatic N) is 2. The summed E-state index contributed by atoms with van der Waals surface area (Å²) < 4.78 is 0. The molecule has 0 bridgehead atoms. The minimum atomic E-state index is 0.0770. The van der Waals surface area contributed by atoms with Crippen LogP contribution in [0.25, 0.3) is 10.9 Å². The first-order valence-electron chi connectivity index (χ1n) is 7.46. The summed E-state index contributed by atoms with van der Waals surface area (Å²) in [5.74, 6) is 0.0770. The number of anilines is 1. The summed E-state index contributed by atoms with van der Waals surface area (Å²) in [5.41, 5.74) is 8.09. The van der Waals surface area contributed by atoms with Gasteiger partial charge in [-0.15, -0.1) is 0 Å². The van der Waals surface area contributed by atoms with Crippen molar-refractivity contribution in [2.75, 3.05) is 31.9 Å². The zero-order valence-electron chi connectivity index (χ0n) is 12.6. The lowest BCUT2D eigenvalue weighted by atomic mass is 10.2. The van der Waals surface area contributed by atoms with E-state index in [1.165, 1.54) is 0 Å². The summed E-state index contributed by atoms with van der Waals surface area (Å²) in [6.45, 7) is 7.84. The Kier molecular flexibility index (Phi) is 3.59. The number of amides is 1. The molecule has 0 aliphatic carbocycles. The van der Waals surface area contributed by atoms with Crippen molar-refractivity contribution in [3.05, 3.63) is 30.0 Å². The normalized spacial score (nSPS) is 16.8. The van der Waals surface area contributed by atoms with Gasteiger partial charge in [0.25, 0.3) is 5.91 Å². The summed E-state index contributed by atoms with van der Waals surface area (Å²) in [4.78, 5) is 20.1. The molecule has 1 aromatic heterocycles. The maximum atomic E-state index is 12.6. The number of hydrogen-bond acceptors (Lipinski definition) is 3. The molecule has 5 heteroatoms. The van der Waals surface area contributed by atoms with Crippen LogP contribution in [0.4, 0.5) is 5.69 Å². The molecule has 3 rings (SSSR count). The number of aromatic nitrogens is 1. The van der Waals surface area contributed by atoms with E-state index in [9.17, 15) is 4.79 Å². The van der Waals surface area contributed by atoms with E-state index in [1.54, 1.807) is 0 Å². The highest BCUT2D eigenvalue weighted by Crippen LogP contribution is 2.20. The minimum Gasteiger partial charge on any atom is -0.399 e. The highest BCUT2D eigenvalue weighted by molar-refractivity contribution is 5.98. The molecular formula is C16H22N4O. The lowest BCUT2D eigenvalue weighted by molar-refractivity contribution is 0.0591. The average Bonchev–Trinajstić information content (AvgIpc) is 2.89. The van der Waals surface area contributed by atoms with Gasteiger partial charge in [-0.3, -0.25) is 9.69 Å². The van der Waals surface area contributed by atoms with Crippen LogP contribution in [-0.2, 0) is 0 Å². The third-order valence-electron chi connectivity index (χ3n) is 4.21. The lowest BCUT2D eigenvalue weighted by Crippen LogP contribution is -2.50. The number of carbonyl (C=O) groups excluding carboxylic acids is 1. The third kappa shape index (κ3) is 2.74. The molecule has 1 amide bonds.